The third kappa shape index (κ3) is 4.27. The van der Waals surface area contributed by atoms with Crippen molar-refractivity contribution in [2.75, 3.05) is 0 Å². The molecule has 1 atom stereocenters. The normalized spacial score (nSPS) is 18.0. The Hall–Kier alpha value is -2.21. The lowest BCUT2D eigenvalue weighted by Crippen LogP contribution is -2.49. The predicted molar refractivity (Wildman–Crippen MR) is 110 cm³/mol. The van der Waals surface area contributed by atoms with Crippen LogP contribution in [0.15, 0.2) is 30.5 Å². The number of hydrogen-bond donors (Lipinski definition) is 1. The van der Waals surface area contributed by atoms with E-state index >= 15 is 0 Å². The summed E-state index contributed by atoms with van der Waals surface area (Å²) in [7, 11) is 0. The van der Waals surface area contributed by atoms with Gasteiger partial charge in [0, 0.05) is 5.56 Å². The summed E-state index contributed by atoms with van der Waals surface area (Å²) in [5, 5.41) is 8.58. The minimum absolute atomic E-state index is 0.116. The summed E-state index contributed by atoms with van der Waals surface area (Å²) in [6, 6.07) is 7.71. The molecule has 0 amide bonds. The van der Waals surface area contributed by atoms with Crippen LogP contribution in [-0.2, 0) is 20.6 Å². The summed E-state index contributed by atoms with van der Waals surface area (Å²) in [4.78, 5) is 12.9. The van der Waals surface area contributed by atoms with Gasteiger partial charge < -0.3 is 10.5 Å². The number of nitrogens with two attached hydrogens (primary N) is 1. The summed E-state index contributed by atoms with van der Waals surface area (Å²) in [5.41, 5.74) is 7.96. The van der Waals surface area contributed by atoms with E-state index in [-0.39, 0.29) is 17.1 Å². The topological polar surface area (TPSA) is 83.0 Å². The lowest BCUT2D eigenvalue weighted by molar-refractivity contribution is -0.156. The summed E-state index contributed by atoms with van der Waals surface area (Å²) in [6.07, 6.45) is 4.53. The minimum atomic E-state index is -1.19. The van der Waals surface area contributed by atoms with Gasteiger partial charge in [-0.1, -0.05) is 50.3 Å². The maximum atomic E-state index is 12.9. The van der Waals surface area contributed by atoms with Gasteiger partial charge in [0.2, 0.25) is 0 Å². The Morgan fingerprint density at radius 3 is 2.36 bits per heavy atom. The maximum Gasteiger partial charge on any atom is 0.331 e. The first-order valence-corrected chi connectivity index (χ1v) is 9.97. The van der Waals surface area contributed by atoms with Gasteiger partial charge in [0.25, 0.3) is 0 Å². The van der Waals surface area contributed by atoms with Crippen LogP contribution in [0.3, 0.4) is 0 Å². The van der Waals surface area contributed by atoms with E-state index < -0.39 is 11.5 Å². The molecular formula is C22H32N4O2. The first-order valence-electron chi connectivity index (χ1n) is 9.97. The largest absolute Gasteiger partial charge is 0.461 e. The van der Waals surface area contributed by atoms with E-state index in [0.29, 0.717) is 6.42 Å². The molecule has 0 unspecified atom stereocenters. The average Bonchev–Trinajstić information content (AvgIpc) is 3.14. The summed E-state index contributed by atoms with van der Waals surface area (Å²) < 4.78 is 7.44. The molecule has 6 nitrogen and oxygen atoms in total. The smallest absolute Gasteiger partial charge is 0.331 e. The van der Waals surface area contributed by atoms with Gasteiger partial charge in [-0.25, -0.2) is 9.48 Å². The first kappa shape index (κ1) is 20.5. The van der Waals surface area contributed by atoms with Gasteiger partial charge in [-0.2, -0.15) is 0 Å². The second-order valence-corrected chi connectivity index (χ2v) is 9.79. The van der Waals surface area contributed by atoms with Crippen molar-refractivity contribution in [2.45, 2.75) is 78.0 Å². The highest BCUT2D eigenvalue weighted by atomic mass is 16.5. The van der Waals surface area contributed by atoms with Crippen LogP contribution in [0.5, 0.6) is 0 Å². The van der Waals surface area contributed by atoms with Crippen molar-refractivity contribution >= 4 is 5.97 Å². The third-order valence-corrected chi connectivity index (χ3v) is 5.23. The Balaban J connectivity index is 1.89. The molecule has 1 fully saturated rings. The number of benzene rings is 1. The molecule has 152 valence electrons. The van der Waals surface area contributed by atoms with Crippen molar-refractivity contribution < 1.29 is 9.53 Å². The number of ether oxygens (including phenoxy) is 1. The van der Waals surface area contributed by atoms with E-state index in [9.17, 15) is 4.79 Å². The first-order chi connectivity index (χ1) is 12.9. The molecule has 2 N–H and O–H groups in total. The van der Waals surface area contributed by atoms with Crippen LogP contribution in [0.1, 0.15) is 66.4 Å². The minimum Gasteiger partial charge on any atom is -0.461 e. The number of esters is 1. The Morgan fingerprint density at radius 2 is 1.86 bits per heavy atom. The van der Waals surface area contributed by atoms with Crippen LogP contribution in [-0.4, -0.2) is 27.1 Å². The van der Waals surface area contributed by atoms with Crippen molar-refractivity contribution in [1.82, 2.24) is 15.0 Å². The standard InChI is InChI=1S/C22H32N4O2/c1-15(2)28-19(27)22(23,14-20(3,4)5)17-9-7-16(8-10-17)18-13-26(25-24-18)21(6)11-12-21/h7-10,13,15H,11-12,14,23H2,1-6H3/t22-/m1/s1. The number of hydrogen-bond acceptors (Lipinski definition) is 5. The fourth-order valence-corrected chi connectivity index (χ4v) is 3.46. The van der Waals surface area contributed by atoms with E-state index in [1.807, 2.05) is 49.0 Å². The SMILES string of the molecule is CC(C)OC(=O)[C@@](N)(CC(C)(C)C)c1ccc(-c2cn(C3(C)CC3)nn2)cc1. The van der Waals surface area contributed by atoms with Crippen molar-refractivity contribution in [3.05, 3.63) is 36.0 Å². The summed E-state index contributed by atoms with van der Waals surface area (Å²) >= 11 is 0. The molecule has 28 heavy (non-hydrogen) atoms. The summed E-state index contributed by atoms with van der Waals surface area (Å²) in [6.45, 7) is 12.1. The molecule has 3 rings (SSSR count). The molecule has 1 aliphatic carbocycles. The number of nitrogens with zero attached hydrogens (tertiary/aromatic N) is 3. The molecule has 1 aliphatic rings. The molecular weight excluding hydrogens is 352 g/mol. The average molecular weight is 385 g/mol. The number of carbonyl (C=O) groups excluding carboxylic acids is 1. The van der Waals surface area contributed by atoms with Crippen LogP contribution in [0.2, 0.25) is 0 Å². The van der Waals surface area contributed by atoms with E-state index in [0.717, 1.165) is 29.7 Å². The van der Waals surface area contributed by atoms with Crippen molar-refractivity contribution in [1.29, 1.82) is 0 Å². The monoisotopic (exact) mass is 384 g/mol. The van der Waals surface area contributed by atoms with Gasteiger partial charge in [0.1, 0.15) is 11.2 Å². The zero-order valence-corrected chi connectivity index (χ0v) is 17.8. The zero-order valence-electron chi connectivity index (χ0n) is 17.8. The molecule has 1 aromatic carbocycles. The van der Waals surface area contributed by atoms with Crippen molar-refractivity contribution in [2.24, 2.45) is 11.1 Å². The van der Waals surface area contributed by atoms with E-state index in [4.69, 9.17) is 10.5 Å². The predicted octanol–water partition coefficient (Wildman–Crippen LogP) is 4.00. The van der Waals surface area contributed by atoms with E-state index in [1.54, 1.807) is 0 Å². The highest BCUT2D eigenvalue weighted by molar-refractivity contribution is 5.83. The van der Waals surface area contributed by atoms with Crippen LogP contribution in [0.4, 0.5) is 0 Å². The lowest BCUT2D eigenvalue weighted by Gasteiger charge is -2.34. The van der Waals surface area contributed by atoms with Crippen LogP contribution in [0.25, 0.3) is 11.3 Å². The Kier molecular flexibility index (Phi) is 5.13. The van der Waals surface area contributed by atoms with Crippen LogP contribution < -0.4 is 5.73 Å². The summed E-state index contributed by atoms with van der Waals surface area (Å²) in [5.74, 6) is -0.391. The van der Waals surface area contributed by atoms with Crippen LogP contribution in [0, 0.1) is 5.41 Å². The Bertz CT molecular complexity index is 844. The highest BCUT2D eigenvalue weighted by Crippen LogP contribution is 2.42. The Labute approximate surface area is 167 Å². The fraction of sp³-hybridized carbons (Fsp3) is 0.591. The van der Waals surface area contributed by atoms with Gasteiger partial charge in [0.15, 0.2) is 0 Å². The van der Waals surface area contributed by atoms with Gasteiger partial charge in [-0.05, 0) is 51.0 Å². The van der Waals surface area contributed by atoms with Crippen molar-refractivity contribution in [3.8, 4) is 11.3 Å². The molecule has 0 spiro atoms. The third-order valence-electron chi connectivity index (χ3n) is 5.23. The zero-order chi connectivity index (χ0) is 20.7. The Morgan fingerprint density at radius 1 is 1.25 bits per heavy atom. The number of carbonyl (C=O) groups is 1. The van der Waals surface area contributed by atoms with E-state index in [1.165, 1.54) is 0 Å². The molecule has 6 heteroatoms. The van der Waals surface area contributed by atoms with Crippen molar-refractivity contribution in [3.63, 3.8) is 0 Å². The second kappa shape index (κ2) is 6.99. The second-order valence-electron chi connectivity index (χ2n) is 9.79. The fourth-order valence-electron chi connectivity index (χ4n) is 3.46. The highest BCUT2D eigenvalue weighted by Gasteiger charge is 2.42. The van der Waals surface area contributed by atoms with Gasteiger partial charge in [-0.3, -0.25) is 0 Å². The maximum absolute atomic E-state index is 12.9. The molecule has 0 aliphatic heterocycles. The molecule has 1 saturated carbocycles. The molecule has 0 bridgehead atoms. The van der Waals surface area contributed by atoms with E-state index in [2.05, 4.69) is 38.0 Å². The molecule has 1 aromatic heterocycles. The molecule has 2 aromatic rings. The van der Waals surface area contributed by atoms with Gasteiger partial charge in [-0.15, -0.1) is 5.10 Å². The molecule has 0 saturated heterocycles. The number of aromatic nitrogens is 3. The molecule has 0 radical (unpaired) electrons. The van der Waals surface area contributed by atoms with Gasteiger partial charge >= 0.3 is 5.97 Å². The lowest BCUT2D eigenvalue weighted by atomic mass is 9.76. The van der Waals surface area contributed by atoms with Gasteiger partial charge in [0.05, 0.1) is 17.8 Å². The van der Waals surface area contributed by atoms with Crippen LogP contribution >= 0.6 is 0 Å². The molecule has 1 heterocycles. The number of rotatable bonds is 6. The quantitative estimate of drug-likeness (QED) is 0.761.